The molecule has 7 nitrogen and oxygen atoms in total. The van der Waals surface area contributed by atoms with Crippen LogP contribution in [-0.2, 0) is 22.2 Å². The number of alkyl halides is 3. The summed E-state index contributed by atoms with van der Waals surface area (Å²) in [4.78, 5) is 20.2. The van der Waals surface area contributed by atoms with Crippen LogP contribution in [0.15, 0.2) is 12.4 Å². The van der Waals surface area contributed by atoms with Gasteiger partial charge < -0.3 is 19.3 Å². The van der Waals surface area contributed by atoms with Crippen LogP contribution in [0, 0.1) is 0 Å². The number of aryl methyl sites for hydroxylation is 1. The van der Waals surface area contributed by atoms with Crippen molar-refractivity contribution in [1.82, 2.24) is 19.4 Å². The fourth-order valence-electron chi connectivity index (χ4n) is 4.48. The largest absolute Gasteiger partial charge is 0.425 e. The molecule has 2 fully saturated rings. The van der Waals surface area contributed by atoms with Gasteiger partial charge in [-0.25, -0.2) is 4.98 Å². The van der Waals surface area contributed by atoms with Crippen molar-refractivity contribution in [3.8, 4) is 0 Å². The first-order valence-corrected chi connectivity index (χ1v) is 9.95. The Morgan fingerprint density at radius 1 is 1.31 bits per heavy atom. The minimum atomic E-state index is -5.02. The minimum absolute atomic E-state index is 0.0723. The Bertz CT molecular complexity index is 716. The van der Waals surface area contributed by atoms with E-state index in [9.17, 15) is 23.1 Å². The molecule has 164 valence electrons. The number of aromatic nitrogens is 2. The topological polar surface area (TPSA) is 70.8 Å². The Morgan fingerprint density at radius 3 is 2.52 bits per heavy atom. The van der Waals surface area contributed by atoms with E-state index in [1.807, 2.05) is 13.8 Å². The van der Waals surface area contributed by atoms with Crippen molar-refractivity contribution < 1.29 is 27.8 Å². The van der Waals surface area contributed by atoms with Crippen LogP contribution < -0.4 is 0 Å². The van der Waals surface area contributed by atoms with E-state index in [4.69, 9.17) is 4.74 Å². The number of morpholine rings is 1. The quantitative estimate of drug-likeness (QED) is 0.788. The maximum Gasteiger partial charge on any atom is 0.425 e. The van der Waals surface area contributed by atoms with Crippen LogP contribution in [0.1, 0.15) is 38.9 Å². The van der Waals surface area contributed by atoms with E-state index >= 15 is 0 Å². The van der Waals surface area contributed by atoms with Crippen molar-refractivity contribution in [3.63, 3.8) is 0 Å². The maximum absolute atomic E-state index is 13.8. The first-order chi connectivity index (χ1) is 13.5. The van der Waals surface area contributed by atoms with Crippen LogP contribution in [-0.4, -0.2) is 81.0 Å². The van der Waals surface area contributed by atoms with Gasteiger partial charge in [-0.1, -0.05) is 0 Å². The van der Waals surface area contributed by atoms with Crippen molar-refractivity contribution in [2.75, 3.05) is 26.2 Å². The van der Waals surface area contributed by atoms with Crippen LogP contribution in [0.2, 0.25) is 0 Å². The number of likely N-dealkylation sites (tertiary alicyclic amines) is 1. The Balaban J connectivity index is 1.73. The Morgan fingerprint density at radius 2 is 1.97 bits per heavy atom. The molecule has 1 amide bonds. The predicted octanol–water partition coefficient (Wildman–Crippen LogP) is 1.66. The van der Waals surface area contributed by atoms with Gasteiger partial charge in [0.15, 0.2) is 5.82 Å². The number of carbonyl (C=O) groups excluding carboxylic acids is 1. The number of aliphatic hydroxyl groups is 1. The molecule has 4 atom stereocenters. The van der Waals surface area contributed by atoms with Gasteiger partial charge in [-0.2, -0.15) is 13.2 Å². The smallest absolute Gasteiger partial charge is 0.374 e. The highest BCUT2D eigenvalue weighted by Gasteiger charge is 2.59. The standard InChI is InChI=1S/C19H29F3N4O3/c1-13-10-25(11-14(2)29-13)12-15-5-4-7-26(15)16(27)9-18(28,19(20,21)22)17-23-6-8-24(17)3/h6,8,13-15,28H,4-5,7,9-12H2,1-3H3. The van der Waals surface area contributed by atoms with Gasteiger partial charge in [0.2, 0.25) is 11.5 Å². The lowest BCUT2D eigenvalue weighted by atomic mass is 9.96. The van der Waals surface area contributed by atoms with Crippen molar-refractivity contribution in [2.24, 2.45) is 7.05 Å². The highest BCUT2D eigenvalue weighted by atomic mass is 19.4. The van der Waals surface area contributed by atoms with Gasteiger partial charge in [-0.05, 0) is 26.7 Å². The lowest BCUT2D eigenvalue weighted by Gasteiger charge is -2.38. The van der Waals surface area contributed by atoms with Crippen LogP contribution in [0.5, 0.6) is 0 Å². The van der Waals surface area contributed by atoms with Crippen LogP contribution in [0.25, 0.3) is 0 Å². The summed E-state index contributed by atoms with van der Waals surface area (Å²) in [5, 5.41) is 10.5. The van der Waals surface area contributed by atoms with Gasteiger partial charge >= 0.3 is 6.18 Å². The lowest BCUT2D eigenvalue weighted by molar-refractivity contribution is -0.272. The highest BCUT2D eigenvalue weighted by Crippen LogP contribution is 2.41. The Labute approximate surface area is 168 Å². The van der Waals surface area contributed by atoms with Gasteiger partial charge in [0.1, 0.15) is 0 Å². The predicted molar refractivity (Wildman–Crippen MR) is 99.0 cm³/mol. The monoisotopic (exact) mass is 418 g/mol. The molecule has 1 aromatic heterocycles. The van der Waals surface area contributed by atoms with E-state index in [0.29, 0.717) is 13.1 Å². The summed E-state index contributed by atoms with van der Waals surface area (Å²) in [6, 6.07) is -0.168. The number of halogens is 3. The molecule has 0 aliphatic carbocycles. The summed E-state index contributed by atoms with van der Waals surface area (Å²) in [6.45, 7) is 6.41. The molecule has 2 aliphatic rings. The first-order valence-electron chi connectivity index (χ1n) is 9.95. The van der Waals surface area contributed by atoms with Crippen molar-refractivity contribution in [3.05, 3.63) is 18.2 Å². The van der Waals surface area contributed by atoms with Crippen molar-refractivity contribution in [1.29, 1.82) is 0 Å². The average molecular weight is 418 g/mol. The second-order valence-corrected chi connectivity index (χ2v) is 8.26. The van der Waals surface area contributed by atoms with Crippen LogP contribution >= 0.6 is 0 Å². The van der Waals surface area contributed by atoms with E-state index in [1.54, 1.807) is 0 Å². The van der Waals surface area contributed by atoms with Gasteiger partial charge in [0, 0.05) is 51.7 Å². The molecular weight excluding hydrogens is 389 g/mol. The molecule has 10 heteroatoms. The number of nitrogens with zero attached hydrogens (tertiary/aromatic N) is 4. The second-order valence-electron chi connectivity index (χ2n) is 8.26. The van der Waals surface area contributed by atoms with E-state index in [-0.39, 0.29) is 18.2 Å². The number of hydrogen-bond acceptors (Lipinski definition) is 5. The molecule has 2 saturated heterocycles. The third kappa shape index (κ3) is 4.59. The molecule has 1 aromatic rings. The Kier molecular flexibility index (Phi) is 6.26. The van der Waals surface area contributed by atoms with E-state index in [2.05, 4.69) is 9.88 Å². The lowest BCUT2D eigenvalue weighted by Crippen LogP contribution is -2.53. The summed E-state index contributed by atoms with van der Waals surface area (Å²) in [5.41, 5.74) is -3.32. The average Bonchev–Trinajstić information content (AvgIpc) is 3.21. The molecule has 0 bridgehead atoms. The van der Waals surface area contributed by atoms with Crippen molar-refractivity contribution >= 4 is 5.91 Å². The molecule has 0 spiro atoms. The SMILES string of the molecule is CC1CN(CC2CCCN2C(=O)CC(O)(c2nccn2C)C(F)(F)F)CC(C)O1. The summed E-state index contributed by atoms with van der Waals surface area (Å²) in [7, 11) is 1.36. The van der Waals surface area contributed by atoms with Gasteiger partial charge in [0.25, 0.3) is 0 Å². The zero-order valence-corrected chi connectivity index (χ0v) is 17.0. The number of carbonyl (C=O) groups is 1. The number of hydrogen-bond donors (Lipinski definition) is 1. The third-order valence-corrected chi connectivity index (χ3v) is 5.73. The Hall–Kier alpha value is -1.65. The highest BCUT2D eigenvalue weighted by molar-refractivity contribution is 5.78. The summed E-state index contributed by atoms with van der Waals surface area (Å²) in [5.74, 6) is -1.28. The van der Waals surface area contributed by atoms with E-state index in [1.165, 1.54) is 24.3 Å². The number of amides is 1. The number of rotatable bonds is 5. The summed E-state index contributed by atoms with van der Waals surface area (Å²) >= 11 is 0. The summed E-state index contributed by atoms with van der Waals surface area (Å²) in [6.07, 6.45) is -1.99. The first kappa shape index (κ1) is 22.0. The molecule has 29 heavy (non-hydrogen) atoms. The number of imidazole rings is 1. The van der Waals surface area contributed by atoms with Crippen LogP contribution in [0.3, 0.4) is 0 Å². The molecular formula is C19H29F3N4O3. The molecule has 3 rings (SSSR count). The van der Waals surface area contributed by atoms with E-state index < -0.39 is 29.9 Å². The zero-order chi connectivity index (χ0) is 21.4. The minimum Gasteiger partial charge on any atom is -0.374 e. The molecule has 0 radical (unpaired) electrons. The number of ether oxygens (including phenoxy) is 1. The molecule has 2 aliphatic heterocycles. The summed E-state index contributed by atoms with van der Waals surface area (Å²) < 4.78 is 48.1. The molecule has 0 aromatic carbocycles. The molecule has 1 N–H and O–H groups in total. The second kappa shape index (κ2) is 8.23. The van der Waals surface area contributed by atoms with Gasteiger partial charge in [-0.15, -0.1) is 0 Å². The molecule has 0 saturated carbocycles. The van der Waals surface area contributed by atoms with Crippen LogP contribution in [0.4, 0.5) is 13.2 Å². The maximum atomic E-state index is 13.8. The van der Waals surface area contributed by atoms with Crippen molar-refractivity contribution in [2.45, 2.75) is 63.1 Å². The normalized spacial score (nSPS) is 28.5. The van der Waals surface area contributed by atoms with Gasteiger partial charge in [0.05, 0.1) is 18.6 Å². The van der Waals surface area contributed by atoms with E-state index in [0.717, 1.165) is 30.5 Å². The zero-order valence-electron chi connectivity index (χ0n) is 17.0. The van der Waals surface area contributed by atoms with Gasteiger partial charge in [-0.3, -0.25) is 9.69 Å². The molecule has 3 heterocycles. The third-order valence-electron chi connectivity index (χ3n) is 5.73. The molecule has 4 unspecified atom stereocenters. The fourth-order valence-corrected chi connectivity index (χ4v) is 4.48. The fraction of sp³-hybridized carbons (Fsp3) is 0.789.